The van der Waals surface area contributed by atoms with Gasteiger partial charge in [0.15, 0.2) is 0 Å². The lowest BCUT2D eigenvalue weighted by molar-refractivity contribution is -0.123. The number of hydrogen-bond donors (Lipinski definition) is 0. The molecule has 0 radical (unpaired) electrons. The number of carbonyl (C=O) groups is 1. The lowest BCUT2D eigenvalue weighted by Gasteiger charge is -2.36. The number of hydrogen-bond acceptors (Lipinski definition) is 6. The highest BCUT2D eigenvalue weighted by atomic mass is 32.2. The Hall–Kier alpha value is -2.97. The summed E-state index contributed by atoms with van der Waals surface area (Å²) in [7, 11) is 0. The largest absolute Gasteiger partial charge is 0.355 e. The van der Waals surface area contributed by atoms with Gasteiger partial charge in [-0.25, -0.2) is 4.98 Å². The van der Waals surface area contributed by atoms with Gasteiger partial charge in [0, 0.05) is 19.3 Å². The quantitative estimate of drug-likeness (QED) is 0.338. The number of rotatable bonds is 4. The number of aromatic nitrogens is 2. The molecule has 5 rings (SSSR count). The normalized spacial score (nSPS) is 22.6. The summed E-state index contributed by atoms with van der Waals surface area (Å²) in [5.74, 6) is 1.45. The SMILES string of the molecule is Cc1cccn2c(=O)c(/C=C3/SC(=S)N([C@H](C)c4ccccc4)C3=O)c(N3C[C@H](C)C[C@H](C)C3)nc12. The zero-order valence-corrected chi connectivity index (χ0v) is 22.6. The van der Waals surface area contributed by atoms with Crippen LogP contribution < -0.4 is 10.5 Å². The summed E-state index contributed by atoms with van der Waals surface area (Å²) in [6.45, 7) is 10.1. The van der Waals surface area contributed by atoms with E-state index in [-0.39, 0.29) is 17.5 Å². The number of carbonyl (C=O) groups excluding carboxylic acids is 1. The monoisotopic (exact) mass is 518 g/mol. The van der Waals surface area contributed by atoms with Crippen molar-refractivity contribution in [2.75, 3.05) is 18.0 Å². The van der Waals surface area contributed by atoms with Crippen LogP contribution in [0, 0.1) is 18.8 Å². The number of aryl methyl sites for hydroxylation is 1. The molecule has 0 aliphatic carbocycles. The molecule has 2 saturated heterocycles. The van der Waals surface area contributed by atoms with E-state index < -0.39 is 0 Å². The Morgan fingerprint density at radius 2 is 1.78 bits per heavy atom. The van der Waals surface area contributed by atoms with Crippen LogP contribution in [0.15, 0.2) is 58.4 Å². The van der Waals surface area contributed by atoms with Gasteiger partial charge in [-0.05, 0) is 55.4 Å². The molecule has 4 heterocycles. The molecule has 0 unspecified atom stereocenters. The second kappa shape index (κ2) is 9.82. The highest BCUT2D eigenvalue weighted by Crippen LogP contribution is 2.39. The van der Waals surface area contributed by atoms with E-state index in [4.69, 9.17) is 17.2 Å². The van der Waals surface area contributed by atoms with Crippen LogP contribution in [0.4, 0.5) is 5.82 Å². The molecular formula is C28H30N4O2S2. The molecule has 0 saturated carbocycles. The fraction of sp³-hybridized carbons (Fsp3) is 0.357. The summed E-state index contributed by atoms with van der Waals surface area (Å²) in [4.78, 5) is 36.7. The van der Waals surface area contributed by atoms with Crippen molar-refractivity contribution >= 4 is 51.7 Å². The van der Waals surface area contributed by atoms with Gasteiger partial charge >= 0.3 is 0 Å². The van der Waals surface area contributed by atoms with E-state index in [1.165, 1.54) is 11.8 Å². The number of pyridine rings is 1. The Morgan fingerprint density at radius 3 is 2.47 bits per heavy atom. The number of thioether (sulfide) groups is 1. The second-order valence-corrected chi connectivity index (χ2v) is 11.7. The molecular weight excluding hydrogens is 488 g/mol. The highest BCUT2D eigenvalue weighted by Gasteiger charge is 2.37. The Bertz CT molecular complexity index is 1420. The number of piperidine rings is 1. The van der Waals surface area contributed by atoms with Crippen molar-refractivity contribution in [1.82, 2.24) is 14.3 Å². The molecule has 3 aromatic rings. The summed E-state index contributed by atoms with van der Waals surface area (Å²) in [5, 5.41) is 0. The van der Waals surface area contributed by atoms with Crippen LogP contribution in [0.5, 0.6) is 0 Å². The minimum absolute atomic E-state index is 0.175. The van der Waals surface area contributed by atoms with Gasteiger partial charge in [0.2, 0.25) is 0 Å². The highest BCUT2D eigenvalue weighted by molar-refractivity contribution is 8.26. The van der Waals surface area contributed by atoms with E-state index in [9.17, 15) is 9.59 Å². The van der Waals surface area contributed by atoms with E-state index in [0.717, 1.165) is 30.6 Å². The van der Waals surface area contributed by atoms with Crippen LogP contribution in [0.2, 0.25) is 0 Å². The maximum Gasteiger partial charge on any atom is 0.267 e. The molecule has 1 aromatic carbocycles. The van der Waals surface area contributed by atoms with Crippen molar-refractivity contribution in [3.63, 3.8) is 0 Å². The Balaban J connectivity index is 1.62. The third kappa shape index (κ3) is 4.48. The smallest absolute Gasteiger partial charge is 0.267 e. The van der Waals surface area contributed by atoms with Crippen molar-refractivity contribution in [3.05, 3.63) is 80.6 Å². The van der Waals surface area contributed by atoms with Crippen molar-refractivity contribution in [2.45, 2.75) is 40.2 Å². The number of thiocarbonyl (C=S) groups is 1. The van der Waals surface area contributed by atoms with E-state index in [1.807, 2.05) is 56.3 Å². The second-order valence-electron chi connectivity index (χ2n) is 10.0. The summed E-state index contributed by atoms with van der Waals surface area (Å²) in [5.41, 5.74) is 2.85. The van der Waals surface area contributed by atoms with Crippen LogP contribution in [0.1, 0.15) is 49.9 Å². The fourth-order valence-electron chi connectivity index (χ4n) is 5.33. The molecule has 3 atom stereocenters. The first kappa shape index (κ1) is 24.7. The van der Waals surface area contributed by atoms with Gasteiger partial charge in [-0.2, -0.15) is 0 Å². The van der Waals surface area contributed by atoms with Gasteiger partial charge in [-0.1, -0.05) is 74.2 Å². The molecule has 6 nitrogen and oxygen atoms in total. The van der Waals surface area contributed by atoms with Crippen LogP contribution in [-0.4, -0.2) is 37.6 Å². The Labute approximate surface area is 221 Å². The topological polar surface area (TPSA) is 57.9 Å². The van der Waals surface area contributed by atoms with Crippen molar-refractivity contribution in [2.24, 2.45) is 11.8 Å². The molecule has 2 fully saturated rings. The van der Waals surface area contributed by atoms with Gasteiger partial charge in [-0.3, -0.25) is 18.9 Å². The molecule has 2 aliphatic rings. The zero-order valence-electron chi connectivity index (χ0n) is 21.0. The average Bonchev–Trinajstić information content (AvgIpc) is 3.13. The number of fused-ring (bicyclic) bond motifs is 1. The van der Waals surface area contributed by atoms with Crippen LogP contribution in [0.25, 0.3) is 11.7 Å². The lowest BCUT2D eigenvalue weighted by atomic mass is 9.91. The summed E-state index contributed by atoms with van der Waals surface area (Å²) in [6.07, 6.45) is 4.59. The molecule has 0 N–H and O–H groups in total. The van der Waals surface area contributed by atoms with Crippen molar-refractivity contribution in [1.29, 1.82) is 0 Å². The zero-order chi connectivity index (χ0) is 25.6. The van der Waals surface area contributed by atoms with Gasteiger partial charge < -0.3 is 4.90 Å². The minimum atomic E-state index is -0.202. The van der Waals surface area contributed by atoms with Gasteiger partial charge in [0.25, 0.3) is 11.5 Å². The number of amides is 1. The van der Waals surface area contributed by atoms with E-state index >= 15 is 0 Å². The molecule has 8 heteroatoms. The Morgan fingerprint density at radius 1 is 1.08 bits per heavy atom. The number of benzene rings is 1. The number of nitrogens with zero attached hydrogens (tertiary/aromatic N) is 4. The maximum absolute atomic E-state index is 13.8. The van der Waals surface area contributed by atoms with E-state index in [0.29, 0.717) is 38.1 Å². The molecule has 2 aliphatic heterocycles. The average molecular weight is 519 g/mol. The van der Waals surface area contributed by atoms with Crippen LogP contribution in [0.3, 0.4) is 0 Å². The summed E-state index contributed by atoms with van der Waals surface area (Å²) >= 11 is 6.87. The maximum atomic E-state index is 13.8. The summed E-state index contributed by atoms with van der Waals surface area (Å²) in [6, 6.07) is 13.4. The standard InChI is InChI=1S/C28H30N4O2S2/c1-17-13-18(2)16-30(15-17)25-22(26(33)31-12-8-9-19(3)24(31)29-25)14-23-27(34)32(28(35)36-23)20(4)21-10-6-5-7-11-21/h5-12,14,17-18,20H,13,15-16H2,1-4H3/b23-14+/t17-,18+,20-/m1/s1. The molecule has 186 valence electrons. The van der Waals surface area contributed by atoms with Gasteiger partial charge in [0.1, 0.15) is 15.8 Å². The molecule has 1 amide bonds. The summed E-state index contributed by atoms with van der Waals surface area (Å²) < 4.78 is 2.07. The molecule has 0 spiro atoms. The lowest BCUT2D eigenvalue weighted by Crippen LogP contribution is -2.40. The first-order chi connectivity index (χ1) is 17.2. The predicted molar refractivity (Wildman–Crippen MR) is 151 cm³/mol. The fourth-order valence-corrected chi connectivity index (χ4v) is 6.73. The first-order valence-corrected chi connectivity index (χ1v) is 13.6. The van der Waals surface area contributed by atoms with Gasteiger partial charge in [0.05, 0.1) is 16.5 Å². The molecule has 2 aromatic heterocycles. The third-order valence-corrected chi connectivity index (χ3v) is 8.33. The predicted octanol–water partition coefficient (Wildman–Crippen LogP) is 5.45. The first-order valence-electron chi connectivity index (χ1n) is 12.3. The minimum Gasteiger partial charge on any atom is -0.355 e. The van der Waals surface area contributed by atoms with E-state index in [2.05, 4.69) is 18.7 Å². The van der Waals surface area contributed by atoms with E-state index in [1.54, 1.807) is 21.6 Å². The van der Waals surface area contributed by atoms with Crippen LogP contribution in [-0.2, 0) is 4.79 Å². The van der Waals surface area contributed by atoms with Crippen molar-refractivity contribution < 1.29 is 4.79 Å². The third-order valence-electron chi connectivity index (χ3n) is 7.00. The Kier molecular flexibility index (Phi) is 6.74. The molecule has 0 bridgehead atoms. The number of anilines is 1. The van der Waals surface area contributed by atoms with Crippen molar-refractivity contribution in [3.8, 4) is 0 Å². The van der Waals surface area contributed by atoms with Crippen LogP contribution >= 0.6 is 24.0 Å². The van der Waals surface area contributed by atoms with Gasteiger partial charge in [-0.15, -0.1) is 0 Å². The molecule has 36 heavy (non-hydrogen) atoms.